The van der Waals surface area contributed by atoms with E-state index in [4.69, 9.17) is 4.74 Å². The van der Waals surface area contributed by atoms with Gasteiger partial charge >= 0.3 is 0 Å². The van der Waals surface area contributed by atoms with Crippen molar-refractivity contribution >= 4 is 22.6 Å². The molecule has 5 rings (SSSR count). The number of amides is 2. The van der Waals surface area contributed by atoms with E-state index in [9.17, 15) is 14.7 Å². The van der Waals surface area contributed by atoms with Crippen molar-refractivity contribution in [2.24, 2.45) is 0 Å². The highest BCUT2D eigenvalue weighted by Gasteiger charge is 2.33. The van der Waals surface area contributed by atoms with Crippen molar-refractivity contribution < 1.29 is 19.4 Å². The third kappa shape index (κ3) is 5.54. The van der Waals surface area contributed by atoms with Crippen molar-refractivity contribution in [2.75, 3.05) is 52.4 Å². The van der Waals surface area contributed by atoms with Gasteiger partial charge in [-0.3, -0.25) is 24.3 Å². The highest BCUT2D eigenvalue weighted by Crippen LogP contribution is 2.29. The van der Waals surface area contributed by atoms with Gasteiger partial charge in [-0.15, -0.1) is 0 Å². The van der Waals surface area contributed by atoms with E-state index in [1.807, 2.05) is 48.5 Å². The molecule has 3 aromatic carbocycles. The van der Waals surface area contributed by atoms with Crippen LogP contribution in [-0.2, 0) is 0 Å². The van der Waals surface area contributed by atoms with Crippen LogP contribution in [0.5, 0.6) is 5.75 Å². The van der Waals surface area contributed by atoms with E-state index < -0.39 is 6.10 Å². The predicted octanol–water partition coefficient (Wildman–Crippen LogP) is 3.50. The van der Waals surface area contributed by atoms with Crippen molar-refractivity contribution in [2.45, 2.75) is 26.4 Å². The highest BCUT2D eigenvalue weighted by atomic mass is 16.5. The standard InChI is InChI=1S/C30H35N3O4/c1-21-9-10-25(19-22(21)2)37-18-11-24(34)20-32-14-12-31(13-15-32)16-17-33-29(35)26-7-3-5-23-6-4-8-27(28(23)26)30(33)36/h3-10,19,24,34H,11-18,20H2,1-2H3/t24-/m1/s1. The van der Waals surface area contributed by atoms with Crippen LogP contribution in [-0.4, -0.2) is 90.1 Å². The monoisotopic (exact) mass is 501 g/mol. The van der Waals surface area contributed by atoms with Gasteiger partial charge in [0.2, 0.25) is 0 Å². The van der Waals surface area contributed by atoms with E-state index in [-0.39, 0.29) is 11.8 Å². The van der Waals surface area contributed by atoms with Crippen molar-refractivity contribution in [3.05, 3.63) is 76.9 Å². The molecule has 1 atom stereocenters. The minimum Gasteiger partial charge on any atom is -0.493 e. The van der Waals surface area contributed by atoms with Crippen LogP contribution in [0.4, 0.5) is 0 Å². The number of hydrogen-bond acceptors (Lipinski definition) is 6. The molecule has 37 heavy (non-hydrogen) atoms. The number of rotatable bonds is 9. The van der Waals surface area contributed by atoms with E-state index in [0.29, 0.717) is 43.8 Å². The van der Waals surface area contributed by atoms with E-state index in [1.54, 1.807) is 0 Å². The average molecular weight is 502 g/mol. The normalized spacial score (nSPS) is 17.4. The lowest BCUT2D eigenvalue weighted by molar-refractivity contribution is 0.0499. The van der Waals surface area contributed by atoms with Crippen LogP contribution in [0.25, 0.3) is 10.8 Å². The molecule has 0 aromatic heterocycles. The van der Waals surface area contributed by atoms with Crippen LogP contribution >= 0.6 is 0 Å². The number of carbonyl (C=O) groups is 2. The zero-order valence-electron chi connectivity index (χ0n) is 21.7. The third-order valence-corrected chi connectivity index (χ3v) is 7.63. The minimum absolute atomic E-state index is 0.209. The molecule has 194 valence electrons. The van der Waals surface area contributed by atoms with Crippen LogP contribution in [0.1, 0.15) is 38.3 Å². The first-order valence-electron chi connectivity index (χ1n) is 13.1. The van der Waals surface area contributed by atoms with Gasteiger partial charge in [-0.1, -0.05) is 30.3 Å². The Balaban J connectivity index is 1.06. The maximum absolute atomic E-state index is 13.1. The zero-order chi connectivity index (χ0) is 25.9. The molecule has 7 heteroatoms. The lowest BCUT2D eigenvalue weighted by Crippen LogP contribution is -2.51. The molecule has 0 aliphatic carbocycles. The molecule has 1 saturated heterocycles. The second kappa shape index (κ2) is 11.0. The second-order valence-corrected chi connectivity index (χ2v) is 10.2. The van der Waals surface area contributed by atoms with Gasteiger partial charge in [0.05, 0.1) is 12.7 Å². The number of ether oxygens (including phenoxy) is 1. The van der Waals surface area contributed by atoms with Crippen molar-refractivity contribution in [1.82, 2.24) is 14.7 Å². The average Bonchev–Trinajstić information content (AvgIpc) is 2.90. The van der Waals surface area contributed by atoms with Crippen LogP contribution in [0.2, 0.25) is 0 Å². The maximum Gasteiger partial charge on any atom is 0.261 e. The zero-order valence-corrected chi connectivity index (χ0v) is 21.7. The number of β-amino-alcohol motifs (C(OH)–C–C–N with tert-alkyl or cyclic N) is 1. The number of hydrogen-bond donors (Lipinski definition) is 1. The molecule has 2 aliphatic rings. The first-order valence-corrected chi connectivity index (χ1v) is 13.1. The molecule has 1 fully saturated rings. The summed E-state index contributed by atoms with van der Waals surface area (Å²) in [6.45, 7) is 9.65. The smallest absolute Gasteiger partial charge is 0.261 e. The van der Waals surface area contributed by atoms with Crippen LogP contribution < -0.4 is 4.74 Å². The Kier molecular flexibility index (Phi) is 7.55. The fourth-order valence-corrected chi connectivity index (χ4v) is 5.23. The molecule has 1 N–H and O–H groups in total. The quantitative estimate of drug-likeness (QED) is 0.453. The Morgan fingerprint density at radius 2 is 1.49 bits per heavy atom. The number of aryl methyl sites for hydroxylation is 2. The van der Waals surface area contributed by atoms with E-state index in [0.717, 1.165) is 42.7 Å². The minimum atomic E-state index is -0.440. The fraction of sp³-hybridized carbons (Fsp3) is 0.400. The number of aliphatic hydroxyl groups excluding tert-OH is 1. The first-order chi connectivity index (χ1) is 17.9. The van der Waals surface area contributed by atoms with Crippen LogP contribution in [0, 0.1) is 13.8 Å². The summed E-state index contributed by atoms with van der Waals surface area (Å²) in [6.07, 6.45) is 0.144. The highest BCUT2D eigenvalue weighted by molar-refractivity contribution is 6.25. The summed E-state index contributed by atoms with van der Waals surface area (Å²) in [6, 6.07) is 17.3. The number of imide groups is 1. The van der Waals surface area contributed by atoms with Crippen molar-refractivity contribution in [3.8, 4) is 5.75 Å². The number of aliphatic hydroxyl groups is 1. The van der Waals surface area contributed by atoms with E-state index >= 15 is 0 Å². The van der Waals surface area contributed by atoms with Gasteiger partial charge in [-0.05, 0) is 54.6 Å². The summed E-state index contributed by atoms with van der Waals surface area (Å²) in [7, 11) is 0. The number of nitrogens with zero attached hydrogens (tertiary/aromatic N) is 3. The second-order valence-electron chi connectivity index (χ2n) is 10.2. The summed E-state index contributed by atoms with van der Waals surface area (Å²) in [4.78, 5) is 32.2. The summed E-state index contributed by atoms with van der Waals surface area (Å²) < 4.78 is 5.82. The van der Waals surface area contributed by atoms with Gasteiger partial charge in [0, 0.05) is 68.7 Å². The number of piperazine rings is 1. The van der Waals surface area contributed by atoms with Crippen LogP contribution in [0.15, 0.2) is 54.6 Å². The predicted molar refractivity (Wildman–Crippen MR) is 144 cm³/mol. The van der Waals surface area contributed by atoms with Crippen molar-refractivity contribution in [3.63, 3.8) is 0 Å². The molecular weight excluding hydrogens is 466 g/mol. The van der Waals surface area contributed by atoms with Gasteiger partial charge in [0.15, 0.2) is 0 Å². The molecular formula is C30H35N3O4. The molecule has 0 spiro atoms. The number of benzene rings is 3. The van der Waals surface area contributed by atoms with Gasteiger partial charge in [0.1, 0.15) is 5.75 Å². The molecule has 0 bridgehead atoms. The van der Waals surface area contributed by atoms with Gasteiger partial charge in [-0.25, -0.2) is 0 Å². The Morgan fingerprint density at radius 1 is 0.838 bits per heavy atom. The van der Waals surface area contributed by atoms with Gasteiger partial charge in [-0.2, -0.15) is 0 Å². The molecule has 2 aliphatic heterocycles. The summed E-state index contributed by atoms with van der Waals surface area (Å²) in [5.74, 6) is 0.424. The SMILES string of the molecule is Cc1ccc(OCC[C@@H](O)CN2CCN(CCN3C(=O)c4cccc5cccc(c45)C3=O)CC2)cc1C. The molecule has 2 heterocycles. The Labute approximate surface area is 218 Å². The molecule has 0 unspecified atom stereocenters. The molecule has 7 nitrogen and oxygen atoms in total. The van der Waals surface area contributed by atoms with Crippen molar-refractivity contribution in [1.29, 1.82) is 0 Å². The topological polar surface area (TPSA) is 73.3 Å². The molecule has 0 saturated carbocycles. The summed E-state index contributed by atoms with van der Waals surface area (Å²) in [5.41, 5.74) is 3.65. The molecule has 0 radical (unpaired) electrons. The van der Waals surface area contributed by atoms with E-state index in [2.05, 4.69) is 29.7 Å². The maximum atomic E-state index is 13.1. The first kappa shape index (κ1) is 25.4. The summed E-state index contributed by atoms with van der Waals surface area (Å²) in [5, 5.41) is 12.2. The van der Waals surface area contributed by atoms with Gasteiger partial charge < -0.3 is 9.84 Å². The Morgan fingerprint density at radius 3 is 2.14 bits per heavy atom. The van der Waals surface area contributed by atoms with Gasteiger partial charge in [0.25, 0.3) is 11.8 Å². The Bertz CT molecular complexity index is 1250. The Hall–Kier alpha value is -3.26. The third-order valence-electron chi connectivity index (χ3n) is 7.63. The number of carbonyl (C=O) groups excluding carboxylic acids is 2. The van der Waals surface area contributed by atoms with Crippen LogP contribution in [0.3, 0.4) is 0 Å². The fourth-order valence-electron chi connectivity index (χ4n) is 5.23. The lowest BCUT2D eigenvalue weighted by Gasteiger charge is -2.36. The lowest BCUT2D eigenvalue weighted by atomic mass is 9.94. The summed E-state index contributed by atoms with van der Waals surface area (Å²) >= 11 is 0. The van der Waals surface area contributed by atoms with E-state index in [1.165, 1.54) is 16.0 Å². The largest absolute Gasteiger partial charge is 0.493 e. The molecule has 3 aromatic rings. The molecule has 2 amide bonds.